The Balaban J connectivity index is 1.69. The van der Waals surface area contributed by atoms with Crippen LogP contribution in [-0.4, -0.2) is 43.3 Å². The van der Waals surface area contributed by atoms with E-state index in [0.717, 1.165) is 37.5 Å². The molecule has 0 unspecified atom stereocenters. The highest BCUT2D eigenvalue weighted by Crippen LogP contribution is 2.26. The Hall–Kier alpha value is -2.53. The van der Waals surface area contributed by atoms with Crippen molar-refractivity contribution in [3.05, 3.63) is 63.3 Å². The van der Waals surface area contributed by atoms with E-state index >= 15 is 0 Å². The first kappa shape index (κ1) is 20.2. The Labute approximate surface area is 167 Å². The SMILES string of the molecule is COc1ccc(N2CCN(Cc3ccc(C(C)C)cc(O)c3=O)CC2)c(C)c1. The molecule has 3 rings (SSSR count). The summed E-state index contributed by atoms with van der Waals surface area (Å²) in [5, 5.41) is 10.1. The quantitative estimate of drug-likeness (QED) is 0.858. The van der Waals surface area contributed by atoms with Crippen molar-refractivity contribution in [2.75, 3.05) is 38.2 Å². The van der Waals surface area contributed by atoms with Gasteiger partial charge in [-0.3, -0.25) is 9.69 Å². The maximum atomic E-state index is 12.5. The van der Waals surface area contributed by atoms with Gasteiger partial charge in [0.2, 0.25) is 5.43 Å². The topological polar surface area (TPSA) is 53.0 Å². The lowest BCUT2D eigenvalue weighted by Crippen LogP contribution is -2.46. The van der Waals surface area contributed by atoms with Crippen LogP contribution >= 0.6 is 0 Å². The zero-order chi connectivity index (χ0) is 20.3. The predicted octanol–water partition coefficient (Wildman–Crippen LogP) is 3.52. The highest BCUT2D eigenvalue weighted by molar-refractivity contribution is 5.56. The number of benzene rings is 1. The highest BCUT2D eigenvalue weighted by Gasteiger charge is 2.20. The van der Waals surface area contributed by atoms with Gasteiger partial charge in [-0.05, 0) is 48.2 Å². The number of rotatable bonds is 5. The van der Waals surface area contributed by atoms with Crippen molar-refractivity contribution in [1.82, 2.24) is 4.90 Å². The average Bonchev–Trinajstić information content (AvgIpc) is 2.82. The van der Waals surface area contributed by atoms with Crippen molar-refractivity contribution in [2.45, 2.75) is 33.2 Å². The standard InChI is InChI=1S/C23H30N2O3/c1-16(2)18-5-6-19(23(27)22(26)14-18)15-24-9-11-25(12-10-24)21-8-7-20(28-4)13-17(21)3/h5-8,13-14,16H,9-12,15H2,1-4H3,(H,26,27). The molecule has 0 bridgehead atoms. The molecular weight excluding hydrogens is 352 g/mol. The van der Waals surface area contributed by atoms with E-state index in [1.807, 2.05) is 18.2 Å². The van der Waals surface area contributed by atoms with Crippen molar-refractivity contribution >= 4 is 5.69 Å². The molecule has 1 aliphatic heterocycles. The first-order valence-electron chi connectivity index (χ1n) is 9.87. The fraction of sp³-hybridized carbons (Fsp3) is 0.435. The molecule has 1 heterocycles. The number of piperazine rings is 1. The van der Waals surface area contributed by atoms with Crippen LogP contribution in [0, 0.1) is 6.92 Å². The van der Waals surface area contributed by atoms with Gasteiger partial charge in [0.05, 0.1) is 7.11 Å². The zero-order valence-electron chi connectivity index (χ0n) is 17.2. The second kappa shape index (κ2) is 8.65. The van der Waals surface area contributed by atoms with Crippen molar-refractivity contribution in [2.24, 2.45) is 0 Å². The Morgan fingerprint density at radius 1 is 1.07 bits per heavy atom. The van der Waals surface area contributed by atoms with Gasteiger partial charge in [0.25, 0.3) is 0 Å². The van der Waals surface area contributed by atoms with Crippen LogP contribution in [0.15, 0.2) is 41.2 Å². The average molecular weight is 383 g/mol. The van der Waals surface area contributed by atoms with Gasteiger partial charge < -0.3 is 14.7 Å². The molecule has 5 heteroatoms. The molecule has 1 N–H and O–H groups in total. The van der Waals surface area contributed by atoms with Crippen molar-refractivity contribution in [3.8, 4) is 11.5 Å². The van der Waals surface area contributed by atoms with E-state index in [1.54, 1.807) is 13.2 Å². The van der Waals surface area contributed by atoms with Crippen molar-refractivity contribution in [3.63, 3.8) is 0 Å². The first-order valence-corrected chi connectivity index (χ1v) is 9.87. The second-order valence-corrected chi connectivity index (χ2v) is 7.79. The number of hydrogen-bond donors (Lipinski definition) is 1. The van der Waals surface area contributed by atoms with Gasteiger partial charge in [0.1, 0.15) is 5.75 Å². The number of ether oxygens (including phenoxy) is 1. The molecule has 0 atom stereocenters. The van der Waals surface area contributed by atoms with E-state index in [1.165, 1.54) is 11.3 Å². The van der Waals surface area contributed by atoms with Gasteiger partial charge in [0, 0.05) is 44.0 Å². The fourth-order valence-corrected chi connectivity index (χ4v) is 3.69. The maximum Gasteiger partial charge on any atom is 0.224 e. The Kier molecular flexibility index (Phi) is 6.25. The molecular formula is C23H30N2O3. The minimum absolute atomic E-state index is 0.156. The van der Waals surface area contributed by atoms with Crippen LogP contribution in [0.3, 0.4) is 0 Å². The third-order valence-corrected chi connectivity index (χ3v) is 5.48. The van der Waals surface area contributed by atoms with Crippen LogP contribution in [0.25, 0.3) is 0 Å². The van der Waals surface area contributed by atoms with Crippen LogP contribution in [0.5, 0.6) is 11.5 Å². The molecule has 28 heavy (non-hydrogen) atoms. The minimum Gasteiger partial charge on any atom is -0.504 e. The maximum absolute atomic E-state index is 12.5. The summed E-state index contributed by atoms with van der Waals surface area (Å²) in [5.41, 5.74) is 3.80. The number of aromatic hydroxyl groups is 1. The predicted molar refractivity (Wildman–Crippen MR) is 114 cm³/mol. The van der Waals surface area contributed by atoms with Crippen molar-refractivity contribution < 1.29 is 9.84 Å². The fourth-order valence-electron chi connectivity index (χ4n) is 3.69. The minimum atomic E-state index is -0.264. The summed E-state index contributed by atoms with van der Waals surface area (Å²) in [6.45, 7) is 10.3. The first-order chi connectivity index (χ1) is 13.4. The lowest BCUT2D eigenvalue weighted by Gasteiger charge is -2.36. The second-order valence-electron chi connectivity index (χ2n) is 7.79. The normalized spacial score (nSPS) is 15.1. The Morgan fingerprint density at radius 2 is 1.79 bits per heavy atom. The number of anilines is 1. The zero-order valence-corrected chi connectivity index (χ0v) is 17.2. The van der Waals surface area contributed by atoms with Gasteiger partial charge >= 0.3 is 0 Å². The van der Waals surface area contributed by atoms with Crippen LogP contribution in [0.1, 0.15) is 36.5 Å². The third-order valence-electron chi connectivity index (χ3n) is 5.48. The van der Waals surface area contributed by atoms with Crippen LogP contribution in [0.4, 0.5) is 5.69 Å². The van der Waals surface area contributed by atoms with Gasteiger partial charge in [-0.2, -0.15) is 0 Å². The monoisotopic (exact) mass is 382 g/mol. The molecule has 0 saturated carbocycles. The van der Waals surface area contributed by atoms with Gasteiger partial charge in [-0.25, -0.2) is 0 Å². The molecule has 150 valence electrons. The van der Waals surface area contributed by atoms with Gasteiger partial charge in [-0.15, -0.1) is 0 Å². The van der Waals surface area contributed by atoms with Crippen LogP contribution in [-0.2, 0) is 6.54 Å². The lowest BCUT2D eigenvalue weighted by molar-refractivity contribution is 0.249. The van der Waals surface area contributed by atoms with Crippen LogP contribution in [0.2, 0.25) is 0 Å². The van der Waals surface area contributed by atoms with E-state index in [4.69, 9.17) is 4.74 Å². The van der Waals surface area contributed by atoms with E-state index in [-0.39, 0.29) is 17.1 Å². The van der Waals surface area contributed by atoms with Crippen LogP contribution < -0.4 is 15.1 Å². The molecule has 1 aliphatic rings. The molecule has 1 fully saturated rings. The number of methoxy groups -OCH3 is 1. The van der Waals surface area contributed by atoms with Gasteiger partial charge in [-0.1, -0.05) is 26.0 Å². The molecule has 0 radical (unpaired) electrons. The smallest absolute Gasteiger partial charge is 0.224 e. The summed E-state index contributed by atoms with van der Waals surface area (Å²) in [6.07, 6.45) is 0. The van der Waals surface area contributed by atoms with E-state index < -0.39 is 0 Å². The molecule has 2 aromatic rings. The summed E-state index contributed by atoms with van der Waals surface area (Å²) in [7, 11) is 1.68. The number of aryl methyl sites for hydroxylation is 1. The third kappa shape index (κ3) is 4.47. The molecule has 1 saturated heterocycles. The van der Waals surface area contributed by atoms with E-state index in [0.29, 0.717) is 12.1 Å². The molecule has 0 aliphatic carbocycles. The van der Waals surface area contributed by atoms with E-state index in [9.17, 15) is 9.90 Å². The number of hydrogen-bond acceptors (Lipinski definition) is 5. The van der Waals surface area contributed by atoms with Crippen molar-refractivity contribution in [1.29, 1.82) is 0 Å². The summed E-state index contributed by atoms with van der Waals surface area (Å²) >= 11 is 0. The Bertz CT molecular complexity index is 887. The molecule has 0 amide bonds. The largest absolute Gasteiger partial charge is 0.504 e. The van der Waals surface area contributed by atoms with E-state index in [2.05, 4.69) is 42.7 Å². The number of nitrogens with zero attached hydrogens (tertiary/aromatic N) is 2. The molecule has 0 spiro atoms. The summed E-state index contributed by atoms with van der Waals surface area (Å²) in [5.74, 6) is 0.985. The van der Waals surface area contributed by atoms with Gasteiger partial charge in [0.15, 0.2) is 5.75 Å². The molecule has 5 nitrogen and oxygen atoms in total. The lowest BCUT2D eigenvalue weighted by atomic mass is 10.1. The molecule has 0 aromatic heterocycles. The highest BCUT2D eigenvalue weighted by atomic mass is 16.5. The summed E-state index contributed by atoms with van der Waals surface area (Å²) < 4.78 is 5.30. The Morgan fingerprint density at radius 3 is 2.39 bits per heavy atom. The summed E-state index contributed by atoms with van der Waals surface area (Å²) in [4.78, 5) is 17.2. The molecule has 2 aromatic carbocycles. The summed E-state index contributed by atoms with van der Waals surface area (Å²) in [6, 6.07) is 11.6.